The van der Waals surface area contributed by atoms with Crippen molar-refractivity contribution in [1.29, 1.82) is 0 Å². The molecule has 1 N–H and O–H groups in total. The molecule has 1 amide bonds. The van der Waals surface area contributed by atoms with E-state index in [1.54, 1.807) is 31.4 Å². The van der Waals surface area contributed by atoms with E-state index in [1.165, 1.54) is 5.56 Å². The van der Waals surface area contributed by atoms with E-state index in [0.29, 0.717) is 12.1 Å². The lowest BCUT2D eigenvalue weighted by molar-refractivity contribution is -0.117. The van der Waals surface area contributed by atoms with Gasteiger partial charge in [0.05, 0.1) is 7.11 Å². The summed E-state index contributed by atoms with van der Waals surface area (Å²) in [6.45, 7) is 8.48. The van der Waals surface area contributed by atoms with Crippen molar-refractivity contribution in [3.63, 3.8) is 0 Å². The Hall–Kier alpha value is -2.62. The minimum absolute atomic E-state index is 0. The number of carbonyl (C=O) groups excluding carboxylic acids is 2. The van der Waals surface area contributed by atoms with Crippen molar-refractivity contribution in [1.82, 2.24) is 5.32 Å². The fourth-order valence-corrected chi connectivity index (χ4v) is 2.09. The molecule has 144 valence electrons. The summed E-state index contributed by atoms with van der Waals surface area (Å²) in [5, 5.41) is 2.66. The highest BCUT2D eigenvalue weighted by Crippen LogP contribution is 2.12. The summed E-state index contributed by atoms with van der Waals surface area (Å²) >= 11 is 0. The van der Waals surface area contributed by atoms with Crippen LogP contribution in [0.4, 0.5) is 0 Å². The van der Waals surface area contributed by atoms with Crippen molar-refractivity contribution in [2.45, 2.75) is 40.5 Å². The Morgan fingerprint density at radius 1 is 0.923 bits per heavy atom. The minimum Gasteiger partial charge on any atom is -0.497 e. The highest BCUT2D eigenvalue weighted by Gasteiger charge is 2.14. The normalized spacial score (nSPS) is 8.96. The molecule has 0 heterocycles. The SMILES string of the molecule is CC.CC.COc1ccc(CCCNC(=O)C(=O)c2ccccc2)cc1.[HH]. The molecule has 0 atom stereocenters. The fraction of sp³-hybridized carbons (Fsp3) is 0.364. The number of hydrogen-bond acceptors (Lipinski definition) is 3. The number of carbonyl (C=O) groups is 2. The average molecular weight is 360 g/mol. The smallest absolute Gasteiger partial charge is 0.292 e. The first-order chi connectivity index (χ1) is 12.7. The van der Waals surface area contributed by atoms with E-state index in [0.717, 1.165) is 18.6 Å². The summed E-state index contributed by atoms with van der Waals surface area (Å²) < 4.78 is 5.10. The highest BCUT2D eigenvalue weighted by atomic mass is 16.5. The summed E-state index contributed by atoms with van der Waals surface area (Å²) in [6, 6.07) is 16.4. The molecule has 0 spiro atoms. The Morgan fingerprint density at radius 3 is 2.04 bits per heavy atom. The first-order valence-electron chi connectivity index (χ1n) is 9.21. The molecule has 4 nitrogen and oxygen atoms in total. The predicted octanol–water partition coefficient (Wildman–Crippen LogP) is 4.93. The number of hydrogen-bond donors (Lipinski definition) is 1. The summed E-state index contributed by atoms with van der Waals surface area (Å²) in [5.74, 6) is -0.225. The third-order valence-electron chi connectivity index (χ3n) is 3.33. The Balaban J connectivity index is 0. The second-order valence-electron chi connectivity index (χ2n) is 4.90. The Kier molecular flexibility index (Phi) is 13.2. The summed E-state index contributed by atoms with van der Waals surface area (Å²) in [4.78, 5) is 23.6. The van der Waals surface area contributed by atoms with Crippen LogP contribution in [-0.2, 0) is 11.2 Å². The molecule has 2 aromatic carbocycles. The zero-order valence-electron chi connectivity index (χ0n) is 16.5. The van der Waals surface area contributed by atoms with Gasteiger partial charge in [-0.15, -0.1) is 0 Å². The van der Waals surface area contributed by atoms with Gasteiger partial charge in [0, 0.05) is 13.5 Å². The van der Waals surface area contributed by atoms with Crippen LogP contribution in [0.3, 0.4) is 0 Å². The largest absolute Gasteiger partial charge is 0.497 e. The van der Waals surface area contributed by atoms with E-state index < -0.39 is 11.7 Å². The van der Waals surface area contributed by atoms with Crippen LogP contribution < -0.4 is 10.1 Å². The monoisotopic (exact) mass is 359 g/mol. The minimum atomic E-state index is -0.555. The summed E-state index contributed by atoms with van der Waals surface area (Å²) in [5.41, 5.74) is 1.58. The van der Waals surface area contributed by atoms with E-state index in [1.807, 2.05) is 58.0 Å². The van der Waals surface area contributed by atoms with Crippen molar-refractivity contribution < 1.29 is 15.8 Å². The number of methoxy groups -OCH3 is 1. The molecular weight excluding hydrogens is 326 g/mol. The third-order valence-corrected chi connectivity index (χ3v) is 3.33. The van der Waals surface area contributed by atoms with E-state index in [4.69, 9.17) is 4.74 Å². The molecule has 2 aromatic rings. The lowest BCUT2D eigenvalue weighted by Crippen LogP contribution is -2.31. The third kappa shape index (κ3) is 8.47. The van der Waals surface area contributed by atoms with Gasteiger partial charge in [-0.2, -0.15) is 0 Å². The second-order valence-corrected chi connectivity index (χ2v) is 4.90. The van der Waals surface area contributed by atoms with Crippen LogP contribution >= 0.6 is 0 Å². The Labute approximate surface area is 159 Å². The lowest BCUT2D eigenvalue weighted by Gasteiger charge is -2.05. The molecule has 2 rings (SSSR count). The fourth-order valence-electron chi connectivity index (χ4n) is 2.09. The quantitative estimate of drug-likeness (QED) is 0.433. The second kappa shape index (κ2) is 14.7. The molecule has 0 aliphatic heterocycles. The van der Waals surface area contributed by atoms with Crippen molar-refractivity contribution in [2.24, 2.45) is 0 Å². The summed E-state index contributed by atoms with van der Waals surface area (Å²) in [6.07, 6.45) is 1.62. The maximum atomic E-state index is 11.9. The maximum absolute atomic E-state index is 11.9. The standard InChI is InChI=1S/C18H19NO3.2C2H6.H2/c1-22-16-11-9-14(10-12-16)6-5-13-19-18(21)17(20)15-7-3-2-4-8-15;2*1-2;/h2-4,7-12H,5-6,13H2,1H3,(H,19,21);2*1-2H3;1H. The molecular formula is C22H33NO3. The first-order valence-corrected chi connectivity index (χ1v) is 9.21. The molecule has 0 bridgehead atoms. The van der Waals surface area contributed by atoms with Gasteiger partial charge in [-0.3, -0.25) is 9.59 Å². The van der Waals surface area contributed by atoms with Gasteiger partial charge in [0.2, 0.25) is 5.78 Å². The number of ether oxygens (including phenoxy) is 1. The molecule has 26 heavy (non-hydrogen) atoms. The average Bonchev–Trinajstić information content (AvgIpc) is 2.74. The van der Waals surface area contributed by atoms with Crippen LogP contribution in [0.2, 0.25) is 0 Å². The van der Waals surface area contributed by atoms with Crippen LogP contribution in [0.1, 0.15) is 51.5 Å². The molecule has 0 unspecified atom stereocenters. The van der Waals surface area contributed by atoms with Crippen LogP contribution in [0, 0.1) is 0 Å². The van der Waals surface area contributed by atoms with E-state index in [-0.39, 0.29) is 1.43 Å². The van der Waals surface area contributed by atoms with Crippen LogP contribution in [0.25, 0.3) is 0 Å². The van der Waals surface area contributed by atoms with Gasteiger partial charge in [-0.1, -0.05) is 70.2 Å². The number of rotatable bonds is 7. The predicted molar refractivity (Wildman–Crippen MR) is 110 cm³/mol. The summed E-state index contributed by atoms with van der Waals surface area (Å²) in [7, 11) is 1.63. The van der Waals surface area contributed by atoms with Gasteiger partial charge >= 0.3 is 0 Å². The molecule has 0 aromatic heterocycles. The molecule has 0 radical (unpaired) electrons. The molecule has 0 fully saturated rings. The van der Waals surface area contributed by atoms with E-state index >= 15 is 0 Å². The van der Waals surface area contributed by atoms with Crippen molar-refractivity contribution in [2.75, 3.05) is 13.7 Å². The number of ketones is 1. The van der Waals surface area contributed by atoms with Gasteiger partial charge in [0.25, 0.3) is 5.91 Å². The van der Waals surface area contributed by atoms with Gasteiger partial charge in [-0.05, 0) is 30.5 Å². The Bertz CT molecular complexity index is 628. The number of nitrogens with one attached hydrogen (secondary N) is 1. The van der Waals surface area contributed by atoms with Crippen LogP contribution in [-0.4, -0.2) is 25.3 Å². The molecule has 4 heteroatoms. The van der Waals surface area contributed by atoms with Crippen molar-refractivity contribution >= 4 is 11.7 Å². The zero-order chi connectivity index (χ0) is 19.8. The van der Waals surface area contributed by atoms with Gasteiger partial charge < -0.3 is 10.1 Å². The van der Waals surface area contributed by atoms with Crippen LogP contribution in [0.5, 0.6) is 5.75 Å². The van der Waals surface area contributed by atoms with Gasteiger partial charge in [0.15, 0.2) is 0 Å². The maximum Gasteiger partial charge on any atom is 0.292 e. The molecule has 0 saturated heterocycles. The number of benzene rings is 2. The molecule has 0 aliphatic rings. The topological polar surface area (TPSA) is 55.4 Å². The van der Waals surface area contributed by atoms with Gasteiger partial charge in [-0.25, -0.2) is 0 Å². The Morgan fingerprint density at radius 2 is 1.50 bits per heavy atom. The highest BCUT2D eigenvalue weighted by molar-refractivity contribution is 6.42. The number of Topliss-reactive ketones (excluding diaryl/α,β-unsaturated/α-hetero) is 1. The number of amides is 1. The van der Waals surface area contributed by atoms with E-state index in [9.17, 15) is 9.59 Å². The van der Waals surface area contributed by atoms with E-state index in [2.05, 4.69) is 5.32 Å². The van der Waals surface area contributed by atoms with Gasteiger partial charge in [0.1, 0.15) is 5.75 Å². The van der Waals surface area contributed by atoms with Crippen molar-refractivity contribution in [3.05, 3.63) is 65.7 Å². The zero-order valence-corrected chi connectivity index (χ0v) is 16.5. The molecule has 0 aliphatic carbocycles. The lowest BCUT2D eigenvalue weighted by atomic mass is 10.1. The number of aryl methyl sites for hydroxylation is 1. The first kappa shape index (κ1) is 23.4. The molecule has 0 saturated carbocycles. The van der Waals surface area contributed by atoms with Crippen molar-refractivity contribution in [3.8, 4) is 5.75 Å². The van der Waals surface area contributed by atoms with Crippen LogP contribution in [0.15, 0.2) is 54.6 Å².